The minimum Gasteiger partial charge on any atom is -0.493 e. The smallest absolute Gasteiger partial charge is 0.339 e. The first-order valence-corrected chi connectivity index (χ1v) is 12.1. The van der Waals surface area contributed by atoms with Gasteiger partial charge >= 0.3 is 5.97 Å². The van der Waals surface area contributed by atoms with E-state index < -0.39 is 29.6 Å². The second-order valence-electron chi connectivity index (χ2n) is 6.97. The first-order valence-electron chi connectivity index (χ1n) is 10.1. The van der Waals surface area contributed by atoms with E-state index in [1.807, 2.05) is 0 Å². The van der Waals surface area contributed by atoms with E-state index in [-0.39, 0.29) is 27.8 Å². The van der Waals surface area contributed by atoms with Gasteiger partial charge in [-0.3, -0.25) is 19.3 Å². The molecule has 3 amide bonds. The van der Waals surface area contributed by atoms with Gasteiger partial charge in [0.15, 0.2) is 11.5 Å². The average molecular weight is 584 g/mol. The summed E-state index contributed by atoms with van der Waals surface area (Å²) in [6.07, 6.45) is 1.53. The summed E-state index contributed by atoms with van der Waals surface area (Å²) in [6.45, 7) is 1.32. The largest absolute Gasteiger partial charge is 0.493 e. The number of hydrogen-bond donors (Lipinski definition) is 1. The molecule has 0 saturated carbocycles. The van der Waals surface area contributed by atoms with E-state index in [1.54, 1.807) is 19.1 Å². The van der Waals surface area contributed by atoms with Crippen molar-refractivity contribution in [1.82, 2.24) is 4.90 Å². The molecule has 35 heavy (non-hydrogen) atoms. The van der Waals surface area contributed by atoms with Gasteiger partial charge in [-0.25, -0.2) is 4.79 Å². The second-order valence-corrected chi connectivity index (χ2v) is 9.22. The number of amides is 3. The summed E-state index contributed by atoms with van der Waals surface area (Å²) in [4.78, 5) is 50.8. The number of esters is 1. The van der Waals surface area contributed by atoms with Gasteiger partial charge in [0.25, 0.3) is 11.1 Å². The van der Waals surface area contributed by atoms with Gasteiger partial charge in [-0.15, -0.1) is 0 Å². The van der Waals surface area contributed by atoms with E-state index in [0.29, 0.717) is 21.5 Å². The van der Waals surface area contributed by atoms with Gasteiger partial charge in [-0.05, 0) is 76.6 Å². The molecule has 0 aliphatic carbocycles. The zero-order valence-electron chi connectivity index (χ0n) is 18.8. The molecule has 1 fully saturated rings. The summed E-state index contributed by atoms with van der Waals surface area (Å²) in [5.74, 6) is -0.935. The highest BCUT2D eigenvalue weighted by Gasteiger charge is 2.36. The van der Waals surface area contributed by atoms with Crippen molar-refractivity contribution in [3.63, 3.8) is 0 Å². The van der Waals surface area contributed by atoms with E-state index in [4.69, 9.17) is 25.8 Å². The summed E-state index contributed by atoms with van der Waals surface area (Å²) in [5, 5.41) is 2.14. The number of nitrogens with zero attached hydrogens (tertiary/aromatic N) is 1. The van der Waals surface area contributed by atoms with Crippen molar-refractivity contribution < 1.29 is 33.4 Å². The third kappa shape index (κ3) is 6.16. The van der Waals surface area contributed by atoms with E-state index in [2.05, 4.69) is 21.2 Å². The number of benzene rings is 2. The van der Waals surface area contributed by atoms with Gasteiger partial charge in [-0.1, -0.05) is 11.6 Å². The number of rotatable bonds is 8. The van der Waals surface area contributed by atoms with Crippen LogP contribution in [0.25, 0.3) is 6.08 Å². The molecule has 9 nitrogen and oxygen atoms in total. The van der Waals surface area contributed by atoms with Crippen LogP contribution in [0.2, 0.25) is 5.02 Å². The molecule has 1 N–H and O–H groups in total. The Morgan fingerprint density at radius 1 is 1.17 bits per heavy atom. The van der Waals surface area contributed by atoms with Crippen molar-refractivity contribution in [1.29, 1.82) is 0 Å². The van der Waals surface area contributed by atoms with Crippen molar-refractivity contribution in [2.45, 2.75) is 6.92 Å². The molecule has 3 rings (SSSR count). The minimum atomic E-state index is -0.633. The lowest BCUT2D eigenvalue weighted by Crippen LogP contribution is -2.36. The lowest BCUT2D eigenvalue weighted by molar-refractivity contribution is -0.127. The van der Waals surface area contributed by atoms with Crippen LogP contribution in [0, 0.1) is 0 Å². The van der Waals surface area contributed by atoms with Gasteiger partial charge in [0.05, 0.1) is 40.8 Å². The number of hydrogen-bond acceptors (Lipinski definition) is 8. The Bertz CT molecular complexity index is 1230. The Hall–Kier alpha value is -3.02. The maximum atomic E-state index is 12.8. The van der Waals surface area contributed by atoms with E-state index in [0.717, 1.165) is 16.7 Å². The van der Waals surface area contributed by atoms with Gasteiger partial charge in [0, 0.05) is 5.69 Å². The first kappa shape index (κ1) is 26.6. The molecule has 1 aliphatic heterocycles. The molecule has 0 unspecified atom stereocenters. The summed E-state index contributed by atoms with van der Waals surface area (Å²) < 4.78 is 16.1. The van der Waals surface area contributed by atoms with E-state index >= 15 is 0 Å². The zero-order valence-corrected chi connectivity index (χ0v) is 22.0. The maximum absolute atomic E-state index is 12.8. The molecule has 12 heteroatoms. The van der Waals surface area contributed by atoms with Crippen LogP contribution in [0.5, 0.6) is 11.5 Å². The molecule has 1 heterocycles. The normalized spacial score (nSPS) is 14.3. The molecule has 0 radical (unpaired) electrons. The lowest BCUT2D eigenvalue weighted by Gasteiger charge is -2.13. The fourth-order valence-corrected chi connectivity index (χ4v) is 4.78. The minimum absolute atomic E-state index is 0.0847. The number of halogens is 2. The number of carbonyl (C=O) groups excluding carboxylic acids is 4. The number of nitrogens with one attached hydrogen (secondary N) is 1. The topological polar surface area (TPSA) is 111 Å². The highest BCUT2D eigenvalue weighted by atomic mass is 79.9. The molecule has 0 aromatic heterocycles. The van der Waals surface area contributed by atoms with Crippen LogP contribution in [0.4, 0.5) is 10.5 Å². The highest BCUT2D eigenvalue weighted by Crippen LogP contribution is 2.38. The molecular weight excluding hydrogens is 564 g/mol. The van der Waals surface area contributed by atoms with Crippen molar-refractivity contribution >= 4 is 74.1 Å². The Labute approximate surface area is 218 Å². The predicted octanol–water partition coefficient (Wildman–Crippen LogP) is 4.97. The highest BCUT2D eigenvalue weighted by molar-refractivity contribution is 9.10. The number of methoxy groups -OCH3 is 2. The predicted molar refractivity (Wildman–Crippen MR) is 136 cm³/mol. The zero-order chi connectivity index (χ0) is 25.7. The van der Waals surface area contributed by atoms with E-state index in [1.165, 1.54) is 38.5 Å². The fraction of sp³-hybridized carbons (Fsp3) is 0.217. The Morgan fingerprint density at radius 2 is 1.91 bits per heavy atom. The van der Waals surface area contributed by atoms with Gasteiger partial charge in [0.2, 0.25) is 5.91 Å². The maximum Gasteiger partial charge on any atom is 0.339 e. The summed E-state index contributed by atoms with van der Waals surface area (Å²) >= 11 is 10.1. The van der Waals surface area contributed by atoms with Crippen LogP contribution >= 0.6 is 39.3 Å². The molecule has 2 aromatic rings. The third-order valence-electron chi connectivity index (χ3n) is 4.67. The molecule has 1 saturated heterocycles. The van der Waals surface area contributed by atoms with Crippen molar-refractivity contribution in [3.05, 3.63) is 55.9 Å². The molecule has 1 aliphatic rings. The van der Waals surface area contributed by atoms with Crippen molar-refractivity contribution in [2.75, 3.05) is 32.7 Å². The SMILES string of the molecule is CCOC(=O)c1cc(NC(=O)CN2C(=O)S/C(=C/c3cc(Br)c(OC)c(OC)c3)C2=O)ccc1Cl. The number of carbonyl (C=O) groups is 4. The number of ether oxygens (including phenoxy) is 3. The first-order chi connectivity index (χ1) is 16.7. The van der Waals surface area contributed by atoms with Crippen LogP contribution in [0.3, 0.4) is 0 Å². The molecular formula is C23H20BrClN2O7S. The Kier molecular flexibility index (Phi) is 8.82. The number of thioether (sulfide) groups is 1. The van der Waals surface area contributed by atoms with Crippen LogP contribution in [0.1, 0.15) is 22.8 Å². The molecule has 0 atom stereocenters. The Morgan fingerprint density at radius 3 is 2.57 bits per heavy atom. The van der Waals surface area contributed by atoms with Crippen molar-refractivity contribution in [3.8, 4) is 11.5 Å². The monoisotopic (exact) mass is 582 g/mol. The van der Waals surface area contributed by atoms with Gasteiger partial charge in [-0.2, -0.15) is 0 Å². The van der Waals surface area contributed by atoms with Crippen molar-refractivity contribution in [2.24, 2.45) is 0 Å². The standard InChI is InChI=1S/C23H20BrClN2O7S/c1-4-34-22(30)14-10-13(5-6-16(14)25)26-19(28)11-27-21(29)18(35-23(27)31)9-12-7-15(24)20(33-3)17(8-12)32-2/h5-10H,4,11H2,1-3H3,(H,26,28)/b18-9+. The van der Waals surface area contributed by atoms with Crippen LogP contribution in [-0.4, -0.2) is 55.3 Å². The fourth-order valence-electron chi connectivity index (χ4n) is 3.12. The van der Waals surface area contributed by atoms with E-state index in [9.17, 15) is 19.2 Å². The number of imide groups is 1. The molecule has 184 valence electrons. The van der Waals surface area contributed by atoms with Crippen LogP contribution < -0.4 is 14.8 Å². The van der Waals surface area contributed by atoms with Gasteiger partial charge in [0.1, 0.15) is 6.54 Å². The molecule has 0 bridgehead atoms. The second kappa shape index (κ2) is 11.6. The lowest BCUT2D eigenvalue weighted by atomic mass is 10.2. The van der Waals surface area contributed by atoms with Crippen LogP contribution in [0.15, 0.2) is 39.7 Å². The molecule has 2 aromatic carbocycles. The Balaban J connectivity index is 1.74. The summed E-state index contributed by atoms with van der Waals surface area (Å²) in [6, 6.07) is 7.66. The van der Waals surface area contributed by atoms with Gasteiger partial charge < -0.3 is 19.5 Å². The van der Waals surface area contributed by atoms with Crippen LogP contribution in [-0.2, 0) is 14.3 Å². The quantitative estimate of drug-likeness (QED) is 0.343. The average Bonchev–Trinajstić information content (AvgIpc) is 3.07. The number of anilines is 1. The molecule has 0 spiro atoms. The summed E-state index contributed by atoms with van der Waals surface area (Å²) in [7, 11) is 2.98. The third-order valence-corrected chi connectivity index (χ3v) is 6.50. The summed E-state index contributed by atoms with van der Waals surface area (Å²) in [5.41, 5.74) is 0.943.